The fraction of sp³-hybridized carbons (Fsp3) is 0.125. The number of rotatable bonds is 2. The molecule has 4 nitrogen and oxygen atoms in total. The summed E-state index contributed by atoms with van der Waals surface area (Å²) in [5, 5.41) is 1.64. The standard InChI is InChI=1S/C8H8N2O2/c11-5-9-10-6-12-8-4-2-1-3-7(8)10/h1-5H,6H2,(H,9,11). The molecule has 12 heavy (non-hydrogen) atoms. The summed E-state index contributed by atoms with van der Waals surface area (Å²) in [6, 6.07) is 7.54. The maximum atomic E-state index is 10.2. The van der Waals surface area contributed by atoms with Gasteiger partial charge < -0.3 is 4.74 Å². The molecule has 62 valence electrons. The lowest BCUT2D eigenvalue weighted by molar-refractivity contribution is -0.109. The van der Waals surface area contributed by atoms with Crippen LogP contribution in [0.3, 0.4) is 0 Å². The van der Waals surface area contributed by atoms with Crippen molar-refractivity contribution in [3.05, 3.63) is 24.3 Å². The van der Waals surface area contributed by atoms with Gasteiger partial charge in [-0.3, -0.25) is 10.2 Å². The van der Waals surface area contributed by atoms with Gasteiger partial charge in [0.2, 0.25) is 6.41 Å². The molecule has 1 aliphatic heterocycles. The number of amides is 1. The summed E-state index contributed by atoms with van der Waals surface area (Å²) in [7, 11) is 0. The number of carbonyl (C=O) groups is 1. The Morgan fingerprint density at radius 3 is 3.17 bits per heavy atom. The van der Waals surface area contributed by atoms with Gasteiger partial charge in [0.1, 0.15) is 11.4 Å². The first-order valence-corrected chi connectivity index (χ1v) is 3.61. The van der Waals surface area contributed by atoms with Gasteiger partial charge in [-0.25, -0.2) is 5.01 Å². The third kappa shape index (κ3) is 0.972. The molecular formula is C8H8N2O2. The van der Waals surface area contributed by atoms with Gasteiger partial charge in [-0.2, -0.15) is 0 Å². The molecule has 1 amide bonds. The van der Waals surface area contributed by atoms with E-state index in [0.717, 1.165) is 11.4 Å². The van der Waals surface area contributed by atoms with Crippen LogP contribution in [-0.4, -0.2) is 13.1 Å². The van der Waals surface area contributed by atoms with Crippen LogP contribution in [0.25, 0.3) is 0 Å². The van der Waals surface area contributed by atoms with E-state index in [4.69, 9.17) is 4.74 Å². The van der Waals surface area contributed by atoms with Gasteiger partial charge in [-0.15, -0.1) is 0 Å². The number of nitrogens with one attached hydrogen (secondary N) is 1. The predicted molar refractivity (Wildman–Crippen MR) is 43.6 cm³/mol. The first-order valence-electron chi connectivity index (χ1n) is 3.61. The molecule has 2 rings (SSSR count). The number of fused-ring (bicyclic) bond motifs is 1. The van der Waals surface area contributed by atoms with Crippen LogP contribution in [0.5, 0.6) is 5.75 Å². The Bertz CT molecular complexity index is 301. The molecule has 0 bridgehead atoms. The second kappa shape index (κ2) is 2.73. The van der Waals surface area contributed by atoms with Gasteiger partial charge in [-0.05, 0) is 12.1 Å². The van der Waals surface area contributed by atoms with Crippen molar-refractivity contribution in [3.8, 4) is 5.75 Å². The van der Waals surface area contributed by atoms with Crippen molar-refractivity contribution in [2.75, 3.05) is 11.7 Å². The highest BCUT2D eigenvalue weighted by Crippen LogP contribution is 2.31. The normalized spacial score (nSPS) is 13.5. The molecule has 1 N–H and O–H groups in total. The number of para-hydroxylation sites is 2. The fourth-order valence-corrected chi connectivity index (χ4v) is 1.18. The van der Waals surface area contributed by atoms with Crippen LogP contribution >= 0.6 is 0 Å². The minimum Gasteiger partial charge on any atom is -0.469 e. The van der Waals surface area contributed by atoms with Crippen LogP contribution < -0.4 is 15.2 Å². The van der Waals surface area contributed by atoms with Crippen LogP contribution in [0.4, 0.5) is 5.69 Å². The Hall–Kier alpha value is -1.71. The largest absolute Gasteiger partial charge is 0.469 e. The third-order valence-electron chi connectivity index (χ3n) is 1.71. The third-order valence-corrected chi connectivity index (χ3v) is 1.71. The van der Waals surface area contributed by atoms with Gasteiger partial charge in [0.25, 0.3) is 0 Å². The summed E-state index contributed by atoms with van der Waals surface area (Å²) in [4.78, 5) is 10.2. The van der Waals surface area contributed by atoms with Crippen LogP contribution in [0, 0.1) is 0 Å². The van der Waals surface area contributed by atoms with Crippen LogP contribution in [0.15, 0.2) is 24.3 Å². The molecule has 0 aromatic heterocycles. The Morgan fingerprint density at radius 2 is 2.33 bits per heavy atom. The van der Waals surface area contributed by atoms with E-state index in [2.05, 4.69) is 5.43 Å². The SMILES string of the molecule is O=CNN1COc2ccccc21. The molecule has 0 atom stereocenters. The van der Waals surface area contributed by atoms with Crippen LogP contribution in [-0.2, 0) is 4.79 Å². The average molecular weight is 164 g/mol. The van der Waals surface area contributed by atoms with Gasteiger partial charge in [0.15, 0.2) is 6.73 Å². The summed E-state index contributed by atoms with van der Waals surface area (Å²) in [5.74, 6) is 0.798. The highest BCUT2D eigenvalue weighted by atomic mass is 16.5. The Balaban J connectivity index is 2.29. The molecule has 1 aromatic carbocycles. The van der Waals surface area contributed by atoms with Crippen LogP contribution in [0.2, 0.25) is 0 Å². The number of anilines is 1. The first kappa shape index (κ1) is 6.97. The van der Waals surface area contributed by atoms with Gasteiger partial charge >= 0.3 is 0 Å². The van der Waals surface area contributed by atoms with Crippen molar-refractivity contribution in [1.29, 1.82) is 0 Å². The number of hydrogen-bond acceptors (Lipinski definition) is 3. The molecule has 0 fully saturated rings. The zero-order valence-corrected chi connectivity index (χ0v) is 6.36. The van der Waals surface area contributed by atoms with E-state index >= 15 is 0 Å². The van der Waals surface area contributed by atoms with Crippen molar-refractivity contribution in [2.24, 2.45) is 0 Å². The van der Waals surface area contributed by atoms with E-state index in [1.54, 1.807) is 5.01 Å². The Morgan fingerprint density at radius 1 is 1.50 bits per heavy atom. The summed E-state index contributed by atoms with van der Waals surface area (Å²) in [5.41, 5.74) is 3.42. The Kier molecular flexibility index (Phi) is 1.59. The average Bonchev–Trinajstić information content (AvgIpc) is 2.50. The van der Waals surface area contributed by atoms with E-state index < -0.39 is 0 Å². The highest BCUT2D eigenvalue weighted by Gasteiger charge is 2.18. The lowest BCUT2D eigenvalue weighted by atomic mass is 10.3. The molecule has 1 aromatic rings. The molecule has 0 saturated carbocycles. The number of nitrogens with zero attached hydrogens (tertiary/aromatic N) is 1. The number of hydrazine groups is 1. The molecule has 1 heterocycles. The molecule has 4 heteroatoms. The predicted octanol–water partition coefficient (Wildman–Crippen LogP) is 0.504. The lowest BCUT2D eigenvalue weighted by Crippen LogP contribution is -2.36. The summed E-state index contributed by atoms with van der Waals surface area (Å²) in [6.45, 7) is 0.373. The van der Waals surface area contributed by atoms with E-state index in [9.17, 15) is 4.79 Å². The smallest absolute Gasteiger partial charge is 0.225 e. The summed E-state index contributed by atoms with van der Waals surface area (Å²) >= 11 is 0. The zero-order valence-electron chi connectivity index (χ0n) is 6.36. The Labute approximate surface area is 69.7 Å². The molecule has 0 spiro atoms. The van der Waals surface area contributed by atoms with Crippen molar-refractivity contribution < 1.29 is 9.53 Å². The van der Waals surface area contributed by atoms with Crippen molar-refractivity contribution >= 4 is 12.1 Å². The van der Waals surface area contributed by atoms with Crippen molar-refractivity contribution in [3.63, 3.8) is 0 Å². The molecule has 0 saturated heterocycles. The van der Waals surface area contributed by atoms with E-state index in [1.165, 1.54) is 0 Å². The quantitative estimate of drug-likeness (QED) is 0.647. The fourth-order valence-electron chi connectivity index (χ4n) is 1.18. The molecule has 0 radical (unpaired) electrons. The molecular weight excluding hydrogens is 156 g/mol. The number of benzene rings is 1. The molecule has 0 aliphatic carbocycles. The van der Waals surface area contributed by atoms with E-state index in [1.807, 2.05) is 24.3 Å². The number of carbonyl (C=O) groups excluding carboxylic acids is 1. The maximum Gasteiger partial charge on any atom is 0.225 e. The number of ether oxygens (including phenoxy) is 1. The second-order valence-electron chi connectivity index (χ2n) is 2.42. The van der Waals surface area contributed by atoms with Gasteiger partial charge in [0.05, 0.1) is 0 Å². The first-order chi connectivity index (χ1) is 5.92. The monoisotopic (exact) mass is 164 g/mol. The van der Waals surface area contributed by atoms with Gasteiger partial charge in [-0.1, -0.05) is 12.1 Å². The maximum absolute atomic E-state index is 10.2. The van der Waals surface area contributed by atoms with E-state index in [-0.39, 0.29) is 0 Å². The second-order valence-corrected chi connectivity index (χ2v) is 2.42. The topological polar surface area (TPSA) is 41.6 Å². The highest BCUT2D eigenvalue weighted by molar-refractivity contribution is 5.63. The number of hydrogen-bond donors (Lipinski definition) is 1. The van der Waals surface area contributed by atoms with E-state index in [0.29, 0.717) is 13.1 Å². The van der Waals surface area contributed by atoms with Gasteiger partial charge in [0, 0.05) is 0 Å². The minimum atomic E-state index is 0.373. The molecule has 0 unspecified atom stereocenters. The summed E-state index contributed by atoms with van der Waals surface area (Å²) in [6.07, 6.45) is 0.630. The van der Waals surface area contributed by atoms with Crippen molar-refractivity contribution in [1.82, 2.24) is 5.43 Å². The van der Waals surface area contributed by atoms with Crippen molar-refractivity contribution in [2.45, 2.75) is 0 Å². The summed E-state index contributed by atoms with van der Waals surface area (Å²) < 4.78 is 5.27. The molecule has 1 aliphatic rings. The lowest BCUT2D eigenvalue weighted by Gasteiger charge is -2.12. The minimum absolute atomic E-state index is 0.373. The van der Waals surface area contributed by atoms with Crippen LogP contribution in [0.1, 0.15) is 0 Å². The zero-order chi connectivity index (χ0) is 8.39.